The molecule has 0 spiro atoms. The van der Waals surface area contributed by atoms with E-state index in [0.717, 1.165) is 26.0 Å². The Kier molecular flexibility index (Phi) is 5.37. The maximum absolute atomic E-state index is 12.4. The molecule has 0 aromatic heterocycles. The third-order valence-corrected chi connectivity index (χ3v) is 4.17. The molecule has 6 nitrogen and oxygen atoms in total. The van der Waals surface area contributed by atoms with Gasteiger partial charge in [-0.05, 0) is 25.7 Å². The summed E-state index contributed by atoms with van der Waals surface area (Å²) in [5.74, 6) is 0.422. The fraction of sp³-hybridized carbons (Fsp3) is 0.857. The van der Waals surface area contributed by atoms with Gasteiger partial charge in [-0.25, -0.2) is 0 Å². The number of piperazine rings is 1. The molecule has 2 aliphatic rings. The van der Waals surface area contributed by atoms with Crippen LogP contribution in [0.5, 0.6) is 0 Å². The minimum Gasteiger partial charge on any atom is -0.378 e. The molecular formula is C14H25N3O3. The van der Waals surface area contributed by atoms with Crippen molar-refractivity contribution in [3.8, 4) is 0 Å². The highest BCUT2D eigenvalue weighted by Gasteiger charge is 2.36. The normalized spacial score (nSPS) is 29.7. The van der Waals surface area contributed by atoms with Crippen molar-refractivity contribution in [2.24, 2.45) is 5.92 Å². The quantitative estimate of drug-likeness (QED) is 0.729. The van der Waals surface area contributed by atoms with Crippen LogP contribution in [0.4, 0.5) is 0 Å². The van der Waals surface area contributed by atoms with E-state index in [-0.39, 0.29) is 17.9 Å². The molecule has 1 unspecified atom stereocenters. The van der Waals surface area contributed by atoms with Crippen molar-refractivity contribution in [3.63, 3.8) is 0 Å². The molecule has 1 saturated carbocycles. The third-order valence-electron chi connectivity index (χ3n) is 4.17. The number of hydrogen-bond acceptors (Lipinski definition) is 4. The Hall–Kier alpha value is -1.14. The van der Waals surface area contributed by atoms with Gasteiger partial charge in [-0.15, -0.1) is 0 Å². The summed E-state index contributed by atoms with van der Waals surface area (Å²) in [7, 11) is 1.61. The van der Waals surface area contributed by atoms with Crippen molar-refractivity contribution in [1.29, 1.82) is 0 Å². The molecule has 1 atom stereocenters. The topological polar surface area (TPSA) is 70.7 Å². The van der Waals surface area contributed by atoms with Gasteiger partial charge in [0.1, 0.15) is 6.04 Å². The Bertz CT molecular complexity index is 356. The van der Waals surface area contributed by atoms with Gasteiger partial charge >= 0.3 is 0 Å². The number of carbonyl (C=O) groups is 2. The lowest BCUT2D eigenvalue weighted by molar-refractivity contribution is -0.143. The Morgan fingerprint density at radius 1 is 1.40 bits per heavy atom. The van der Waals surface area contributed by atoms with Crippen LogP contribution in [0.1, 0.15) is 26.2 Å². The van der Waals surface area contributed by atoms with Gasteiger partial charge in [0.05, 0.1) is 6.10 Å². The SMILES string of the molecule is CCOC1CC(CC(=O)N2CCNCC2C(=O)NC)C1. The summed E-state index contributed by atoms with van der Waals surface area (Å²) in [5, 5.41) is 5.80. The summed E-state index contributed by atoms with van der Waals surface area (Å²) in [4.78, 5) is 25.9. The van der Waals surface area contributed by atoms with Gasteiger partial charge < -0.3 is 20.3 Å². The van der Waals surface area contributed by atoms with Crippen LogP contribution < -0.4 is 10.6 Å². The lowest BCUT2D eigenvalue weighted by Crippen LogP contribution is -2.59. The van der Waals surface area contributed by atoms with E-state index in [1.165, 1.54) is 0 Å². The molecule has 1 aliphatic heterocycles. The molecule has 2 rings (SSSR count). The van der Waals surface area contributed by atoms with Crippen LogP contribution in [0.15, 0.2) is 0 Å². The molecule has 1 saturated heterocycles. The van der Waals surface area contributed by atoms with Crippen molar-refractivity contribution in [2.45, 2.75) is 38.3 Å². The standard InChI is InChI=1S/C14H25N3O3/c1-3-20-11-6-10(7-11)8-13(18)17-5-4-16-9-12(17)14(19)15-2/h10-12,16H,3-9H2,1-2H3,(H,15,19). The number of nitrogens with one attached hydrogen (secondary N) is 2. The van der Waals surface area contributed by atoms with E-state index in [9.17, 15) is 9.59 Å². The average Bonchev–Trinajstić information content (AvgIpc) is 2.44. The molecule has 1 aliphatic carbocycles. The van der Waals surface area contributed by atoms with E-state index in [0.29, 0.717) is 31.5 Å². The first kappa shape index (κ1) is 15.3. The van der Waals surface area contributed by atoms with Gasteiger partial charge in [0.2, 0.25) is 11.8 Å². The van der Waals surface area contributed by atoms with Gasteiger partial charge in [0.25, 0.3) is 0 Å². The predicted molar refractivity (Wildman–Crippen MR) is 75.2 cm³/mol. The second-order valence-corrected chi connectivity index (χ2v) is 5.54. The van der Waals surface area contributed by atoms with Crippen molar-refractivity contribution in [3.05, 3.63) is 0 Å². The minimum atomic E-state index is -0.371. The Morgan fingerprint density at radius 2 is 2.15 bits per heavy atom. The van der Waals surface area contributed by atoms with Crippen LogP contribution in [-0.4, -0.2) is 62.1 Å². The van der Waals surface area contributed by atoms with Crippen molar-refractivity contribution in [1.82, 2.24) is 15.5 Å². The molecule has 0 radical (unpaired) electrons. The average molecular weight is 283 g/mol. The van der Waals surface area contributed by atoms with Crippen LogP contribution in [0.3, 0.4) is 0 Å². The summed E-state index contributed by atoms with van der Waals surface area (Å²) in [6.45, 7) is 4.64. The lowest BCUT2D eigenvalue weighted by Gasteiger charge is -2.39. The summed E-state index contributed by atoms with van der Waals surface area (Å²) in [6.07, 6.45) is 2.81. The highest BCUT2D eigenvalue weighted by atomic mass is 16.5. The number of ether oxygens (including phenoxy) is 1. The Morgan fingerprint density at radius 3 is 2.80 bits per heavy atom. The second-order valence-electron chi connectivity index (χ2n) is 5.54. The van der Waals surface area contributed by atoms with Crippen LogP contribution in [0.2, 0.25) is 0 Å². The first-order valence-corrected chi connectivity index (χ1v) is 7.49. The van der Waals surface area contributed by atoms with Gasteiger partial charge in [-0.3, -0.25) is 9.59 Å². The molecule has 6 heteroatoms. The molecule has 0 aromatic carbocycles. The fourth-order valence-corrected chi connectivity index (χ4v) is 2.98. The molecular weight excluding hydrogens is 258 g/mol. The minimum absolute atomic E-state index is 0.0913. The molecule has 2 fully saturated rings. The van der Waals surface area contributed by atoms with Crippen LogP contribution in [0.25, 0.3) is 0 Å². The molecule has 1 heterocycles. The second kappa shape index (κ2) is 7.04. The highest BCUT2D eigenvalue weighted by Crippen LogP contribution is 2.33. The Labute approximate surface area is 120 Å². The number of amides is 2. The van der Waals surface area contributed by atoms with E-state index in [1.807, 2.05) is 6.92 Å². The zero-order valence-electron chi connectivity index (χ0n) is 12.4. The molecule has 114 valence electrons. The molecule has 0 aromatic rings. The number of hydrogen-bond donors (Lipinski definition) is 2. The largest absolute Gasteiger partial charge is 0.378 e. The smallest absolute Gasteiger partial charge is 0.243 e. The first-order valence-electron chi connectivity index (χ1n) is 7.49. The van der Waals surface area contributed by atoms with Crippen molar-refractivity contribution in [2.75, 3.05) is 33.3 Å². The monoisotopic (exact) mass is 283 g/mol. The van der Waals surface area contributed by atoms with E-state index in [4.69, 9.17) is 4.74 Å². The fourth-order valence-electron chi connectivity index (χ4n) is 2.98. The summed E-state index contributed by atoms with van der Waals surface area (Å²) in [6, 6.07) is -0.371. The van der Waals surface area contributed by atoms with E-state index < -0.39 is 0 Å². The first-order chi connectivity index (χ1) is 9.65. The van der Waals surface area contributed by atoms with E-state index in [1.54, 1.807) is 11.9 Å². The molecule has 2 N–H and O–H groups in total. The summed E-state index contributed by atoms with van der Waals surface area (Å²) >= 11 is 0. The number of nitrogens with zero attached hydrogens (tertiary/aromatic N) is 1. The highest BCUT2D eigenvalue weighted by molar-refractivity contribution is 5.88. The van der Waals surface area contributed by atoms with Gasteiger partial charge in [0, 0.05) is 39.7 Å². The van der Waals surface area contributed by atoms with Gasteiger partial charge in [-0.2, -0.15) is 0 Å². The molecule has 2 amide bonds. The number of rotatable bonds is 5. The summed E-state index contributed by atoms with van der Waals surface area (Å²) < 4.78 is 5.51. The van der Waals surface area contributed by atoms with Crippen molar-refractivity contribution < 1.29 is 14.3 Å². The maximum Gasteiger partial charge on any atom is 0.243 e. The zero-order chi connectivity index (χ0) is 14.5. The maximum atomic E-state index is 12.4. The molecule has 20 heavy (non-hydrogen) atoms. The number of likely N-dealkylation sites (N-methyl/N-ethyl adjacent to an activating group) is 1. The number of carbonyl (C=O) groups excluding carboxylic acids is 2. The zero-order valence-corrected chi connectivity index (χ0v) is 12.4. The molecule has 0 bridgehead atoms. The predicted octanol–water partition coefficient (Wildman–Crippen LogP) is -0.262. The third kappa shape index (κ3) is 3.49. The summed E-state index contributed by atoms with van der Waals surface area (Å²) in [5.41, 5.74) is 0. The van der Waals surface area contributed by atoms with Crippen LogP contribution in [0, 0.1) is 5.92 Å². The lowest BCUT2D eigenvalue weighted by atomic mass is 9.79. The van der Waals surface area contributed by atoms with Crippen LogP contribution >= 0.6 is 0 Å². The van der Waals surface area contributed by atoms with E-state index >= 15 is 0 Å². The van der Waals surface area contributed by atoms with Crippen LogP contribution in [-0.2, 0) is 14.3 Å². The van der Waals surface area contributed by atoms with E-state index in [2.05, 4.69) is 10.6 Å². The van der Waals surface area contributed by atoms with Crippen molar-refractivity contribution >= 4 is 11.8 Å². The Balaban J connectivity index is 1.83. The van der Waals surface area contributed by atoms with Gasteiger partial charge in [-0.1, -0.05) is 0 Å². The van der Waals surface area contributed by atoms with Gasteiger partial charge in [0.15, 0.2) is 0 Å².